The lowest BCUT2D eigenvalue weighted by atomic mass is 10.1. The van der Waals surface area contributed by atoms with Gasteiger partial charge in [-0.1, -0.05) is 71.6 Å². The number of nitrogens with zero attached hydrogens (tertiary/aromatic N) is 2. The molecule has 0 radical (unpaired) electrons. The number of aromatic nitrogens is 2. The maximum atomic E-state index is 12.4. The molecule has 3 aromatic carbocycles. The fourth-order valence-corrected chi connectivity index (χ4v) is 4.88. The van der Waals surface area contributed by atoms with Gasteiger partial charge in [0.05, 0.1) is 5.75 Å². The Labute approximate surface area is 202 Å². The van der Waals surface area contributed by atoms with Crippen molar-refractivity contribution < 1.29 is 14.0 Å². The van der Waals surface area contributed by atoms with Gasteiger partial charge in [-0.05, 0) is 29.8 Å². The molecule has 5 aromatic rings. The molecule has 0 aliphatic rings. The van der Waals surface area contributed by atoms with E-state index < -0.39 is 0 Å². The molecular weight excluding hydrogens is 468 g/mol. The summed E-state index contributed by atoms with van der Waals surface area (Å²) in [5.74, 6) is -0.309. The Morgan fingerprint density at radius 3 is 2.59 bits per heavy atom. The first-order valence-electron chi connectivity index (χ1n) is 10.4. The normalized spacial score (nSPS) is 11.3. The van der Waals surface area contributed by atoms with E-state index >= 15 is 0 Å². The van der Waals surface area contributed by atoms with Crippen LogP contribution in [0.2, 0.25) is 0 Å². The van der Waals surface area contributed by atoms with Crippen molar-refractivity contribution in [2.75, 3.05) is 16.4 Å². The summed E-state index contributed by atoms with van der Waals surface area (Å²) in [7, 11) is 0. The van der Waals surface area contributed by atoms with Crippen molar-refractivity contribution in [3.63, 3.8) is 0 Å². The first kappa shape index (κ1) is 21.9. The summed E-state index contributed by atoms with van der Waals surface area (Å²) in [4.78, 5) is 24.5. The summed E-state index contributed by atoms with van der Waals surface area (Å²) in [6.45, 7) is 0. The lowest BCUT2D eigenvalue weighted by molar-refractivity contribution is -0.114. The smallest absolute Gasteiger partial charge is 0.250 e. The molecule has 0 aliphatic heterocycles. The third-order valence-corrected chi connectivity index (χ3v) is 6.82. The SMILES string of the molecule is O=C(/C=C/c1ccccc1)Nc1nnc(SCC(=O)Nc2ccc3c(c2)oc2ccccc23)s1. The molecule has 34 heavy (non-hydrogen) atoms. The summed E-state index contributed by atoms with van der Waals surface area (Å²) in [5.41, 5.74) is 3.12. The van der Waals surface area contributed by atoms with Crippen LogP contribution in [0.15, 0.2) is 87.6 Å². The van der Waals surface area contributed by atoms with Gasteiger partial charge in [-0.2, -0.15) is 0 Å². The second-order valence-corrected chi connectivity index (χ2v) is 9.45. The third kappa shape index (κ3) is 5.16. The lowest BCUT2D eigenvalue weighted by Crippen LogP contribution is -2.13. The summed E-state index contributed by atoms with van der Waals surface area (Å²) < 4.78 is 6.46. The first-order chi connectivity index (χ1) is 16.6. The van der Waals surface area contributed by atoms with Crippen LogP contribution in [0.1, 0.15) is 5.56 Å². The Kier molecular flexibility index (Phi) is 6.37. The van der Waals surface area contributed by atoms with Crippen LogP contribution in [0.25, 0.3) is 28.0 Å². The molecule has 0 spiro atoms. The maximum Gasteiger partial charge on any atom is 0.250 e. The van der Waals surface area contributed by atoms with E-state index in [1.807, 2.05) is 72.8 Å². The Hall–Kier alpha value is -3.95. The van der Waals surface area contributed by atoms with E-state index in [9.17, 15) is 9.59 Å². The fourth-order valence-electron chi connectivity index (χ4n) is 3.33. The molecule has 0 fully saturated rings. The van der Waals surface area contributed by atoms with Crippen LogP contribution in [-0.4, -0.2) is 27.8 Å². The van der Waals surface area contributed by atoms with E-state index in [0.29, 0.717) is 15.2 Å². The number of rotatable bonds is 7. The zero-order valence-electron chi connectivity index (χ0n) is 17.7. The molecule has 168 valence electrons. The number of benzene rings is 3. The van der Waals surface area contributed by atoms with Gasteiger partial charge in [0.1, 0.15) is 11.2 Å². The van der Waals surface area contributed by atoms with E-state index in [-0.39, 0.29) is 17.6 Å². The van der Waals surface area contributed by atoms with Crippen LogP contribution in [0.3, 0.4) is 0 Å². The number of furan rings is 1. The van der Waals surface area contributed by atoms with Gasteiger partial charge in [0.2, 0.25) is 16.9 Å². The lowest BCUT2D eigenvalue weighted by Gasteiger charge is -2.03. The number of thioether (sulfide) groups is 1. The molecule has 2 amide bonds. The van der Waals surface area contributed by atoms with Crippen LogP contribution >= 0.6 is 23.1 Å². The van der Waals surface area contributed by atoms with Gasteiger partial charge >= 0.3 is 0 Å². The van der Waals surface area contributed by atoms with Gasteiger partial charge in [-0.25, -0.2) is 0 Å². The number of hydrogen-bond acceptors (Lipinski definition) is 7. The number of carbonyl (C=O) groups excluding carboxylic acids is 2. The summed E-state index contributed by atoms with van der Waals surface area (Å²) in [5, 5.41) is 16.0. The average Bonchev–Trinajstić information content (AvgIpc) is 3.45. The van der Waals surface area contributed by atoms with Crippen LogP contribution in [0.5, 0.6) is 0 Å². The van der Waals surface area contributed by atoms with E-state index in [0.717, 1.165) is 27.5 Å². The zero-order chi connectivity index (χ0) is 23.3. The van der Waals surface area contributed by atoms with Crippen LogP contribution in [0, 0.1) is 0 Å². The van der Waals surface area contributed by atoms with Gasteiger partial charge in [-0.3, -0.25) is 14.9 Å². The van der Waals surface area contributed by atoms with Gasteiger partial charge < -0.3 is 9.73 Å². The number of amides is 2. The van der Waals surface area contributed by atoms with Crippen molar-refractivity contribution in [1.82, 2.24) is 10.2 Å². The van der Waals surface area contributed by atoms with E-state index in [2.05, 4.69) is 20.8 Å². The van der Waals surface area contributed by atoms with Gasteiger partial charge in [-0.15, -0.1) is 10.2 Å². The van der Waals surface area contributed by atoms with Gasteiger partial charge in [0, 0.05) is 28.6 Å². The molecule has 0 unspecified atom stereocenters. The Morgan fingerprint density at radius 2 is 1.71 bits per heavy atom. The molecule has 9 heteroatoms. The summed E-state index contributed by atoms with van der Waals surface area (Å²) >= 11 is 2.47. The standard InChI is InChI=1S/C25H18N4O3S2/c30-22(13-10-16-6-2-1-3-7-16)27-24-28-29-25(34-24)33-15-23(31)26-17-11-12-19-18-8-4-5-9-20(18)32-21(19)14-17/h1-14H,15H2,(H,26,31)(H,27,28,30)/b13-10+. The van der Waals surface area contributed by atoms with Crippen LogP contribution < -0.4 is 10.6 Å². The second-order valence-electron chi connectivity index (χ2n) is 7.25. The van der Waals surface area contributed by atoms with Crippen LogP contribution in [-0.2, 0) is 9.59 Å². The van der Waals surface area contributed by atoms with Crippen molar-refractivity contribution in [2.24, 2.45) is 0 Å². The minimum atomic E-state index is -0.296. The number of carbonyl (C=O) groups is 2. The molecule has 2 heterocycles. The van der Waals surface area contributed by atoms with Crippen molar-refractivity contribution >= 4 is 73.7 Å². The highest BCUT2D eigenvalue weighted by atomic mass is 32.2. The van der Waals surface area contributed by atoms with Gasteiger partial charge in [0.15, 0.2) is 4.34 Å². The number of hydrogen-bond donors (Lipinski definition) is 2. The number of anilines is 2. The zero-order valence-corrected chi connectivity index (χ0v) is 19.4. The summed E-state index contributed by atoms with van der Waals surface area (Å²) in [6, 6.07) is 23.0. The highest BCUT2D eigenvalue weighted by Crippen LogP contribution is 2.30. The van der Waals surface area contributed by atoms with Crippen molar-refractivity contribution in [3.8, 4) is 0 Å². The molecule has 7 nitrogen and oxygen atoms in total. The van der Waals surface area contributed by atoms with E-state index in [4.69, 9.17) is 4.42 Å². The second kappa shape index (κ2) is 9.90. The van der Waals surface area contributed by atoms with Crippen molar-refractivity contribution in [2.45, 2.75) is 4.34 Å². The maximum absolute atomic E-state index is 12.4. The predicted octanol–water partition coefficient (Wildman–Crippen LogP) is 5.82. The quantitative estimate of drug-likeness (QED) is 0.171. The largest absolute Gasteiger partial charge is 0.456 e. The molecule has 0 atom stereocenters. The molecular formula is C25H18N4O3S2. The topological polar surface area (TPSA) is 97.1 Å². The van der Waals surface area contributed by atoms with Crippen LogP contribution in [0.4, 0.5) is 10.8 Å². The van der Waals surface area contributed by atoms with E-state index in [1.165, 1.54) is 29.2 Å². The number of nitrogens with one attached hydrogen (secondary N) is 2. The molecule has 0 saturated carbocycles. The van der Waals surface area contributed by atoms with Crippen molar-refractivity contribution in [3.05, 3.63) is 84.4 Å². The molecule has 0 bridgehead atoms. The molecule has 0 saturated heterocycles. The predicted molar refractivity (Wildman–Crippen MR) is 137 cm³/mol. The Bertz CT molecular complexity index is 1510. The first-order valence-corrected chi connectivity index (χ1v) is 12.2. The molecule has 0 aliphatic carbocycles. The van der Waals surface area contributed by atoms with Crippen molar-refractivity contribution in [1.29, 1.82) is 0 Å². The average molecular weight is 487 g/mol. The number of fused-ring (bicyclic) bond motifs is 3. The monoisotopic (exact) mass is 486 g/mol. The molecule has 5 rings (SSSR count). The highest BCUT2D eigenvalue weighted by molar-refractivity contribution is 8.01. The van der Waals surface area contributed by atoms with Gasteiger partial charge in [0.25, 0.3) is 0 Å². The van der Waals surface area contributed by atoms with E-state index in [1.54, 1.807) is 6.08 Å². The minimum absolute atomic E-state index is 0.161. The number of para-hydroxylation sites is 1. The fraction of sp³-hybridized carbons (Fsp3) is 0.0400. The Balaban J connectivity index is 1.14. The highest BCUT2D eigenvalue weighted by Gasteiger charge is 2.11. The minimum Gasteiger partial charge on any atom is -0.456 e. The molecule has 2 N–H and O–H groups in total. The molecule has 2 aromatic heterocycles. The Morgan fingerprint density at radius 1 is 0.912 bits per heavy atom. The summed E-state index contributed by atoms with van der Waals surface area (Å²) in [6.07, 6.45) is 3.16. The third-order valence-electron chi connectivity index (χ3n) is 4.85.